The second kappa shape index (κ2) is 6.13. The number of para-hydroxylation sites is 1. The van der Waals surface area contributed by atoms with Gasteiger partial charge in [0.1, 0.15) is 17.1 Å². The summed E-state index contributed by atoms with van der Waals surface area (Å²) in [4.78, 5) is 0. The van der Waals surface area contributed by atoms with Gasteiger partial charge in [0, 0.05) is 11.1 Å². The van der Waals surface area contributed by atoms with Crippen molar-refractivity contribution in [1.29, 1.82) is 0 Å². The van der Waals surface area contributed by atoms with E-state index in [2.05, 4.69) is 15.7 Å². The molecule has 0 spiro atoms. The Kier molecular flexibility index (Phi) is 3.87. The molecule has 22 heavy (non-hydrogen) atoms. The van der Waals surface area contributed by atoms with Gasteiger partial charge < -0.3 is 9.63 Å². The zero-order valence-corrected chi connectivity index (χ0v) is 12.0. The molecular formula is C17H15N3O2. The van der Waals surface area contributed by atoms with E-state index in [-0.39, 0.29) is 5.75 Å². The van der Waals surface area contributed by atoms with Gasteiger partial charge in [0.25, 0.3) is 0 Å². The molecule has 0 saturated carbocycles. The Morgan fingerprint density at radius 2 is 1.82 bits per heavy atom. The first-order valence-corrected chi connectivity index (χ1v) is 6.84. The summed E-state index contributed by atoms with van der Waals surface area (Å²) in [5, 5.41) is 17.9. The highest BCUT2D eigenvalue weighted by atomic mass is 16.5. The maximum Gasteiger partial charge on any atom is 0.159 e. The minimum Gasteiger partial charge on any atom is -0.507 e. The summed E-state index contributed by atoms with van der Waals surface area (Å²) >= 11 is 0. The van der Waals surface area contributed by atoms with E-state index in [1.165, 1.54) is 0 Å². The topological polar surface area (TPSA) is 70.7 Å². The summed E-state index contributed by atoms with van der Waals surface area (Å²) < 4.78 is 5.24. The highest BCUT2D eigenvalue weighted by Gasteiger charge is 2.13. The van der Waals surface area contributed by atoms with Crippen LogP contribution in [0.1, 0.15) is 11.3 Å². The predicted octanol–water partition coefficient (Wildman–Crippen LogP) is 3.80. The summed E-state index contributed by atoms with van der Waals surface area (Å²) in [6.45, 7) is 1.82. The van der Waals surface area contributed by atoms with Crippen molar-refractivity contribution in [2.24, 2.45) is 5.10 Å². The molecule has 5 heteroatoms. The van der Waals surface area contributed by atoms with E-state index < -0.39 is 0 Å². The third-order valence-electron chi connectivity index (χ3n) is 3.23. The van der Waals surface area contributed by atoms with Crippen LogP contribution in [0.15, 0.2) is 64.2 Å². The van der Waals surface area contributed by atoms with Crippen molar-refractivity contribution < 1.29 is 9.63 Å². The minimum absolute atomic E-state index is 0.179. The van der Waals surface area contributed by atoms with E-state index in [9.17, 15) is 5.11 Å². The molecule has 3 rings (SSSR count). The molecule has 0 amide bonds. The molecule has 3 aromatic rings. The molecule has 0 unspecified atom stereocenters. The van der Waals surface area contributed by atoms with E-state index in [1.54, 1.807) is 24.4 Å². The van der Waals surface area contributed by atoms with Crippen LogP contribution in [0.4, 0.5) is 5.69 Å². The fourth-order valence-electron chi connectivity index (χ4n) is 2.06. The van der Waals surface area contributed by atoms with Crippen LogP contribution in [0.3, 0.4) is 0 Å². The largest absolute Gasteiger partial charge is 0.507 e. The number of phenols is 1. The number of aromatic nitrogens is 1. The first kappa shape index (κ1) is 13.9. The maximum absolute atomic E-state index is 9.71. The lowest BCUT2D eigenvalue weighted by molar-refractivity contribution is 0.400. The Labute approximate surface area is 127 Å². The lowest BCUT2D eigenvalue weighted by Crippen LogP contribution is -1.93. The third kappa shape index (κ3) is 2.83. The van der Waals surface area contributed by atoms with Gasteiger partial charge in [-0.3, -0.25) is 5.43 Å². The molecule has 0 bridgehead atoms. The SMILES string of the molecule is Cc1onc(-c2ccccc2)c1NN=Cc1ccccc1O. The Bertz CT molecular complexity index is 795. The first-order chi connectivity index (χ1) is 10.8. The van der Waals surface area contributed by atoms with E-state index >= 15 is 0 Å². The summed E-state index contributed by atoms with van der Waals surface area (Å²) in [6, 6.07) is 16.7. The number of aromatic hydroxyl groups is 1. The molecule has 0 aliphatic carbocycles. The Morgan fingerprint density at radius 1 is 1.09 bits per heavy atom. The van der Waals surface area contributed by atoms with Crippen LogP contribution in [-0.4, -0.2) is 16.5 Å². The second-order valence-corrected chi connectivity index (χ2v) is 4.76. The number of phenolic OH excluding ortho intramolecular Hbond substituents is 1. The van der Waals surface area contributed by atoms with E-state index in [0.717, 1.165) is 5.56 Å². The van der Waals surface area contributed by atoms with Crippen molar-refractivity contribution in [2.45, 2.75) is 6.92 Å². The van der Waals surface area contributed by atoms with Crippen molar-refractivity contribution in [1.82, 2.24) is 5.16 Å². The van der Waals surface area contributed by atoms with Gasteiger partial charge in [-0.1, -0.05) is 47.6 Å². The molecular weight excluding hydrogens is 278 g/mol. The van der Waals surface area contributed by atoms with Crippen molar-refractivity contribution in [2.75, 3.05) is 5.43 Å². The second-order valence-electron chi connectivity index (χ2n) is 4.76. The smallest absolute Gasteiger partial charge is 0.159 e. The van der Waals surface area contributed by atoms with Gasteiger partial charge in [0.2, 0.25) is 0 Å². The molecule has 0 saturated heterocycles. The molecule has 0 radical (unpaired) electrons. The molecule has 0 aliphatic rings. The number of benzene rings is 2. The highest BCUT2D eigenvalue weighted by Crippen LogP contribution is 2.29. The Morgan fingerprint density at radius 3 is 2.59 bits per heavy atom. The zero-order valence-electron chi connectivity index (χ0n) is 12.0. The summed E-state index contributed by atoms with van der Waals surface area (Å²) in [5.74, 6) is 0.826. The fraction of sp³-hybridized carbons (Fsp3) is 0.0588. The van der Waals surface area contributed by atoms with Crippen LogP contribution in [0.25, 0.3) is 11.3 Å². The molecule has 5 nitrogen and oxygen atoms in total. The van der Waals surface area contributed by atoms with Gasteiger partial charge in [-0.2, -0.15) is 5.10 Å². The number of nitrogens with zero attached hydrogens (tertiary/aromatic N) is 2. The van der Waals surface area contributed by atoms with Crippen LogP contribution in [0.5, 0.6) is 5.75 Å². The number of nitrogens with one attached hydrogen (secondary N) is 1. The molecule has 0 fully saturated rings. The van der Waals surface area contributed by atoms with Gasteiger partial charge in [0.05, 0.1) is 6.21 Å². The maximum atomic E-state index is 9.71. The minimum atomic E-state index is 0.179. The van der Waals surface area contributed by atoms with Crippen molar-refractivity contribution in [3.8, 4) is 17.0 Å². The van der Waals surface area contributed by atoms with Gasteiger partial charge in [-0.25, -0.2) is 0 Å². The standard InChI is InChI=1S/C17H15N3O2/c1-12-16(17(20-22-12)13-7-3-2-4-8-13)19-18-11-14-9-5-6-10-15(14)21/h2-11,19,21H,1H3. The van der Waals surface area contributed by atoms with Gasteiger partial charge in [0.15, 0.2) is 5.76 Å². The van der Waals surface area contributed by atoms with Crippen molar-refractivity contribution in [3.63, 3.8) is 0 Å². The third-order valence-corrected chi connectivity index (χ3v) is 3.23. The average molecular weight is 293 g/mol. The van der Waals surface area contributed by atoms with E-state index in [4.69, 9.17) is 4.52 Å². The monoisotopic (exact) mass is 293 g/mol. The molecule has 110 valence electrons. The van der Waals surface area contributed by atoms with Gasteiger partial charge >= 0.3 is 0 Å². The molecule has 1 aromatic heterocycles. The lowest BCUT2D eigenvalue weighted by atomic mass is 10.1. The normalized spacial score (nSPS) is 11.0. The summed E-state index contributed by atoms with van der Waals surface area (Å²) in [7, 11) is 0. The molecule has 1 heterocycles. The number of rotatable bonds is 4. The molecule has 2 aromatic carbocycles. The number of anilines is 1. The lowest BCUT2D eigenvalue weighted by Gasteiger charge is -2.02. The number of aryl methyl sites for hydroxylation is 1. The molecule has 0 atom stereocenters. The predicted molar refractivity (Wildman–Crippen MR) is 86.0 cm³/mol. The highest BCUT2D eigenvalue weighted by molar-refractivity contribution is 5.84. The molecule has 2 N–H and O–H groups in total. The molecule has 0 aliphatic heterocycles. The number of hydrazone groups is 1. The Hall–Kier alpha value is -3.08. The number of hydrogen-bond acceptors (Lipinski definition) is 5. The summed E-state index contributed by atoms with van der Waals surface area (Å²) in [6.07, 6.45) is 1.55. The van der Waals surface area contributed by atoms with Crippen LogP contribution < -0.4 is 5.43 Å². The van der Waals surface area contributed by atoms with Crippen LogP contribution in [0, 0.1) is 6.92 Å². The van der Waals surface area contributed by atoms with E-state index in [1.807, 2.05) is 43.3 Å². The fourth-order valence-corrected chi connectivity index (χ4v) is 2.06. The van der Waals surface area contributed by atoms with Crippen molar-refractivity contribution >= 4 is 11.9 Å². The quantitative estimate of drug-likeness (QED) is 0.567. The number of hydrogen-bond donors (Lipinski definition) is 2. The van der Waals surface area contributed by atoms with Crippen molar-refractivity contribution in [3.05, 3.63) is 65.9 Å². The van der Waals surface area contributed by atoms with Crippen LogP contribution in [-0.2, 0) is 0 Å². The van der Waals surface area contributed by atoms with Crippen LogP contribution in [0.2, 0.25) is 0 Å². The average Bonchev–Trinajstić information content (AvgIpc) is 2.91. The first-order valence-electron chi connectivity index (χ1n) is 6.84. The van der Waals surface area contributed by atoms with E-state index in [0.29, 0.717) is 22.7 Å². The van der Waals surface area contributed by atoms with Gasteiger partial charge in [-0.15, -0.1) is 0 Å². The van der Waals surface area contributed by atoms with Crippen LogP contribution >= 0.6 is 0 Å². The Balaban J connectivity index is 1.85. The zero-order chi connectivity index (χ0) is 15.4. The van der Waals surface area contributed by atoms with Gasteiger partial charge in [-0.05, 0) is 19.1 Å². The summed E-state index contributed by atoms with van der Waals surface area (Å²) in [5.41, 5.74) is 5.92.